The van der Waals surface area contributed by atoms with E-state index >= 15 is 0 Å². The van der Waals surface area contributed by atoms with E-state index in [0.717, 1.165) is 38.0 Å². The molecule has 0 unspecified atom stereocenters. The minimum atomic E-state index is -0.750. The first-order valence-electron chi connectivity index (χ1n) is 9.70. The third kappa shape index (κ3) is 4.10. The van der Waals surface area contributed by atoms with Crippen LogP contribution in [0, 0.1) is 0 Å². The topological polar surface area (TPSA) is 36.4 Å². The highest BCUT2D eigenvalue weighted by atomic mass is 16.3. The first-order valence-corrected chi connectivity index (χ1v) is 9.70. The van der Waals surface area contributed by atoms with E-state index in [1.54, 1.807) is 12.4 Å². The Labute approximate surface area is 161 Å². The normalized spacial score (nSPS) is 17.1. The summed E-state index contributed by atoms with van der Waals surface area (Å²) in [6.07, 6.45) is 5.04. The molecule has 2 aromatic carbocycles. The maximum atomic E-state index is 11.1. The summed E-state index contributed by atoms with van der Waals surface area (Å²) >= 11 is 0. The van der Waals surface area contributed by atoms with Crippen LogP contribution in [0.15, 0.2) is 85.2 Å². The van der Waals surface area contributed by atoms with Crippen molar-refractivity contribution < 1.29 is 5.11 Å². The van der Waals surface area contributed by atoms with Crippen LogP contribution in [0.25, 0.3) is 0 Å². The summed E-state index contributed by atoms with van der Waals surface area (Å²) in [4.78, 5) is 6.66. The molecule has 0 aliphatic carbocycles. The minimum Gasteiger partial charge on any atom is -0.385 e. The zero-order valence-electron chi connectivity index (χ0n) is 15.5. The summed E-state index contributed by atoms with van der Waals surface area (Å²) in [5, 5.41) is 11.1. The molecule has 1 N–H and O–H groups in total. The van der Waals surface area contributed by atoms with Gasteiger partial charge in [-0.1, -0.05) is 66.7 Å². The molecule has 0 spiro atoms. The van der Waals surface area contributed by atoms with Gasteiger partial charge in [0.2, 0.25) is 0 Å². The lowest BCUT2D eigenvalue weighted by Gasteiger charge is -2.39. The van der Waals surface area contributed by atoms with Gasteiger partial charge in [0, 0.05) is 43.5 Å². The highest BCUT2D eigenvalue weighted by Gasteiger charge is 2.34. The van der Waals surface area contributed by atoms with E-state index in [2.05, 4.69) is 70.5 Å². The van der Waals surface area contributed by atoms with Gasteiger partial charge < -0.3 is 10.0 Å². The fraction of sp³-hybridized carbons (Fsp3) is 0.292. The Balaban J connectivity index is 1.49. The molecule has 0 amide bonds. The Hall–Kier alpha value is -2.49. The van der Waals surface area contributed by atoms with E-state index in [4.69, 9.17) is 0 Å². The maximum Gasteiger partial charge on any atom is 0.0935 e. The average molecular weight is 358 g/mol. The fourth-order valence-corrected chi connectivity index (χ4v) is 4.06. The molecule has 138 valence electrons. The van der Waals surface area contributed by atoms with Crippen LogP contribution in [0.2, 0.25) is 0 Å². The number of rotatable bonds is 5. The minimum absolute atomic E-state index is 0.344. The Bertz CT molecular complexity index is 789. The quantitative estimate of drug-likeness (QED) is 0.743. The molecule has 1 aliphatic rings. The molecule has 3 heteroatoms. The van der Waals surface area contributed by atoms with Gasteiger partial charge in [0.1, 0.15) is 0 Å². The van der Waals surface area contributed by atoms with Crippen molar-refractivity contribution in [3.8, 4) is 0 Å². The molecular formula is C24H26N2O. The van der Waals surface area contributed by atoms with Crippen molar-refractivity contribution in [2.45, 2.75) is 24.4 Å². The summed E-state index contributed by atoms with van der Waals surface area (Å²) in [6.45, 7) is 2.75. The fourth-order valence-electron chi connectivity index (χ4n) is 4.06. The lowest BCUT2D eigenvalue weighted by atomic mass is 9.84. The van der Waals surface area contributed by atoms with Crippen LogP contribution >= 0.6 is 0 Å². The van der Waals surface area contributed by atoms with Crippen LogP contribution in [0.3, 0.4) is 0 Å². The van der Waals surface area contributed by atoms with Gasteiger partial charge >= 0.3 is 0 Å². The van der Waals surface area contributed by atoms with Crippen molar-refractivity contribution >= 4 is 0 Å². The average Bonchev–Trinajstić information content (AvgIpc) is 2.75. The smallest absolute Gasteiger partial charge is 0.0935 e. The third-order valence-electron chi connectivity index (χ3n) is 5.73. The molecule has 3 nitrogen and oxygen atoms in total. The van der Waals surface area contributed by atoms with Gasteiger partial charge in [-0.2, -0.15) is 0 Å². The number of pyridine rings is 1. The van der Waals surface area contributed by atoms with E-state index in [9.17, 15) is 5.11 Å². The van der Waals surface area contributed by atoms with Crippen molar-refractivity contribution in [3.05, 3.63) is 102 Å². The number of benzene rings is 2. The zero-order valence-corrected chi connectivity index (χ0v) is 15.5. The number of aromatic nitrogens is 1. The number of likely N-dealkylation sites (tertiary alicyclic amines) is 1. The number of hydrogen-bond donors (Lipinski definition) is 1. The number of nitrogens with zero attached hydrogens (tertiary/aromatic N) is 2. The lowest BCUT2D eigenvalue weighted by molar-refractivity contribution is -0.0266. The number of piperidine rings is 1. The summed E-state index contributed by atoms with van der Waals surface area (Å²) in [5.74, 6) is 0.344. The molecule has 0 bridgehead atoms. The van der Waals surface area contributed by atoms with Crippen molar-refractivity contribution in [2.24, 2.45) is 0 Å². The zero-order chi connectivity index (χ0) is 18.5. The van der Waals surface area contributed by atoms with Crippen molar-refractivity contribution in [1.29, 1.82) is 0 Å². The summed E-state index contributed by atoms with van der Waals surface area (Å²) in [6, 6.07) is 25.3. The van der Waals surface area contributed by atoms with E-state index in [0.29, 0.717) is 5.92 Å². The Kier molecular flexibility index (Phi) is 5.33. The molecule has 27 heavy (non-hydrogen) atoms. The molecule has 1 aromatic heterocycles. The molecule has 2 heterocycles. The molecule has 3 aromatic rings. The van der Waals surface area contributed by atoms with Gasteiger partial charge in [-0.05, 0) is 30.0 Å². The molecule has 1 fully saturated rings. The first-order chi connectivity index (χ1) is 13.2. The SMILES string of the molecule is OC1(c2cccnc2)CCN(CC(c2ccccc2)c2ccccc2)CC1. The predicted molar refractivity (Wildman–Crippen MR) is 109 cm³/mol. The summed E-state index contributed by atoms with van der Waals surface area (Å²) in [7, 11) is 0. The Morgan fingerprint density at radius 2 is 1.44 bits per heavy atom. The molecule has 4 rings (SSSR count). The van der Waals surface area contributed by atoms with Crippen LogP contribution in [-0.4, -0.2) is 34.6 Å². The van der Waals surface area contributed by atoms with Crippen molar-refractivity contribution in [3.63, 3.8) is 0 Å². The van der Waals surface area contributed by atoms with Gasteiger partial charge in [-0.15, -0.1) is 0 Å². The van der Waals surface area contributed by atoms with Gasteiger partial charge in [0.15, 0.2) is 0 Å². The summed E-state index contributed by atoms with van der Waals surface area (Å²) < 4.78 is 0. The van der Waals surface area contributed by atoms with Crippen LogP contribution in [0.1, 0.15) is 35.4 Å². The lowest BCUT2D eigenvalue weighted by Crippen LogP contribution is -2.44. The van der Waals surface area contributed by atoms with E-state index in [-0.39, 0.29) is 0 Å². The Morgan fingerprint density at radius 1 is 0.852 bits per heavy atom. The summed E-state index contributed by atoms with van der Waals surface area (Å²) in [5.41, 5.74) is 2.88. The standard InChI is InChI=1S/C24H26N2O/c27-24(22-12-7-15-25-18-22)13-16-26(17-14-24)19-23(20-8-3-1-4-9-20)21-10-5-2-6-11-21/h1-12,15,18,23,27H,13-14,16-17,19H2. The third-order valence-corrected chi connectivity index (χ3v) is 5.73. The second kappa shape index (κ2) is 8.03. The first kappa shape index (κ1) is 17.9. The van der Waals surface area contributed by atoms with E-state index in [1.807, 2.05) is 12.1 Å². The molecule has 1 saturated heterocycles. The van der Waals surface area contributed by atoms with Gasteiger partial charge in [0.05, 0.1) is 5.60 Å². The Morgan fingerprint density at radius 3 is 1.96 bits per heavy atom. The second-order valence-electron chi connectivity index (χ2n) is 7.45. The van der Waals surface area contributed by atoms with Gasteiger partial charge in [-0.3, -0.25) is 4.98 Å². The molecule has 0 radical (unpaired) electrons. The highest BCUT2D eigenvalue weighted by Crippen LogP contribution is 2.34. The van der Waals surface area contributed by atoms with Crippen LogP contribution in [0.5, 0.6) is 0 Å². The molecule has 0 saturated carbocycles. The van der Waals surface area contributed by atoms with Gasteiger partial charge in [0.25, 0.3) is 0 Å². The predicted octanol–water partition coefficient (Wildman–Crippen LogP) is 4.20. The second-order valence-corrected chi connectivity index (χ2v) is 7.45. The molecule has 0 atom stereocenters. The highest BCUT2D eigenvalue weighted by molar-refractivity contribution is 5.33. The largest absolute Gasteiger partial charge is 0.385 e. The maximum absolute atomic E-state index is 11.1. The van der Waals surface area contributed by atoms with E-state index in [1.165, 1.54) is 11.1 Å². The number of hydrogen-bond acceptors (Lipinski definition) is 3. The van der Waals surface area contributed by atoms with Crippen LogP contribution in [-0.2, 0) is 5.60 Å². The van der Waals surface area contributed by atoms with Gasteiger partial charge in [-0.25, -0.2) is 0 Å². The number of aliphatic hydroxyl groups is 1. The van der Waals surface area contributed by atoms with Crippen molar-refractivity contribution in [2.75, 3.05) is 19.6 Å². The molecular weight excluding hydrogens is 332 g/mol. The molecule has 1 aliphatic heterocycles. The monoisotopic (exact) mass is 358 g/mol. The van der Waals surface area contributed by atoms with Crippen molar-refractivity contribution in [1.82, 2.24) is 9.88 Å². The van der Waals surface area contributed by atoms with Crippen LogP contribution < -0.4 is 0 Å². The van der Waals surface area contributed by atoms with Crippen LogP contribution in [0.4, 0.5) is 0 Å². The van der Waals surface area contributed by atoms with E-state index < -0.39 is 5.60 Å².